The highest BCUT2D eigenvalue weighted by Crippen LogP contribution is 2.21. The van der Waals surface area contributed by atoms with Crippen LogP contribution in [0.2, 0.25) is 0 Å². The minimum Gasteiger partial charge on any atom is -0.497 e. The number of likely N-dealkylation sites (N-methyl/N-ethyl adjacent to an activating group) is 1. The lowest BCUT2D eigenvalue weighted by Crippen LogP contribution is -2.35. The molecule has 1 aromatic carbocycles. The Bertz CT molecular complexity index is 681. The molecule has 0 aliphatic heterocycles. The Hall–Kier alpha value is -2.41. The molecule has 7 heteroatoms. The lowest BCUT2D eigenvalue weighted by molar-refractivity contribution is -0.122. The number of ether oxygens (including phenoxy) is 1. The molecule has 1 aliphatic rings. The van der Waals surface area contributed by atoms with Crippen LogP contribution in [-0.4, -0.2) is 47.7 Å². The van der Waals surface area contributed by atoms with E-state index in [1.165, 1.54) is 0 Å². The smallest absolute Gasteiger partial charge is 0.241 e. The van der Waals surface area contributed by atoms with Crippen molar-refractivity contribution in [1.29, 1.82) is 0 Å². The highest BCUT2D eigenvalue weighted by atomic mass is 16.5. The first-order valence-electron chi connectivity index (χ1n) is 7.59. The monoisotopic (exact) mass is 316 g/mol. The molecular weight excluding hydrogens is 296 g/mol. The molecular formula is C16H20N4O3. The Labute approximate surface area is 134 Å². The van der Waals surface area contributed by atoms with E-state index in [-0.39, 0.29) is 5.91 Å². The van der Waals surface area contributed by atoms with E-state index in [1.54, 1.807) is 7.11 Å². The molecule has 1 saturated carbocycles. The molecule has 1 aromatic heterocycles. The van der Waals surface area contributed by atoms with E-state index >= 15 is 0 Å². The second kappa shape index (κ2) is 6.78. The van der Waals surface area contributed by atoms with Crippen LogP contribution in [0.3, 0.4) is 0 Å². The van der Waals surface area contributed by atoms with E-state index in [9.17, 15) is 4.79 Å². The summed E-state index contributed by atoms with van der Waals surface area (Å²) in [7, 11) is 3.46. The van der Waals surface area contributed by atoms with Gasteiger partial charge in [0, 0.05) is 11.6 Å². The molecule has 2 aromatic rings. The predicted octanol–water partition coefficient (Wildman–Crippen LogP) is 1.46. The SMILES string of the molecule is COc1cccc(-c2noc(CN(C)CC(=O)NC3CC3)n2)c1. The molecule has 3 rings (SSSR count). The third kappa shape index (κ3) is 4.29. The van der Waals surface area contributed by atoms with Crippen molar-refractivity contribution in [2.24, 2.45) is 0 Å². The number of hydrogen-bond acceptors (Lipinski definition) is 6. The van der Waals surface area contributed by atoms with Gasteiger partial charge in [-0.05, 0) is 32.0 Å². The zero-order valence-corrected chi connectivity index (χ0v) is 13.3. The van der Waals surface area contributed by atoms with E-state index in [2.05, 4.69) is 15.5 Å². The van der Waals surface area contributed by atoms with Gasteiger partial charge in [-0.1, -0.05) is 17.3 Å². The number of amides is 1. The maximum absolute atomic E-state index is 11.8. The van der Waals surface area contributed by atoms with Gasteiger partial charge in [0.15, 0.2) is 0 Å². The van der Waals surface area contributed by atoms with Gasteiger partial charge in [0.25, 0.3) is 0 Å². The van der Waals surface area contributed by atoms with Crippen LogP contribution in [-0.2, 0) is 11.3 Å². The number of carbonyl (C=O) groups is 1. The number of aromatic nitrogens is 2. The number of nitrogens with one attached hydrogen (secondary N) is 1. The average Bonchev–Trinajstić information content (AvgIpc) is 3.22. The summed E-state index contributed by atoms with van der Waals surface area (Å²) in [4.78, 5) is 18.0. The maximum atomic E-state index is 11.8. The van der Waals surface area contributed by atoms with Crippen LogP contribution in [0.1, 0.15) is 18.7 Å². The third-order valence-electron chi connectivity index (χ3n) is 3.56. The van der Waals surface area contributed by atoms with Gasteiger partial charge < -0.3 is 14.6 Å². The van der Waals surface area contributed by atoms with Gasteiger partial charge in [0.05, 0.1) is 20.2 Å². The molecule has 122 valence electrons. The van der Waals surface area contributed by atoms with Crippen LogP contribution in [0.5, 0.6) is 5.75 Å². The second-order valence-corrected chi connectivity index (χ2v) is 5.76. The highest BCUT2D eigenvalue weighted by Gasteiger charge is 2.23. The molecule has 1 N–H and O–H groups in total. The Morgan fingerprint density at radius 1 is 1.48 bits per heavy atom. The van der Waals surface area contributed by atoms with Crippen LogP contribution in [0.25, 0.3) is 11.4 Å². The fraction of sp³-hybridized carbons (Fsp3) is 0.438. The largest absolute Gasteiger partial charge is 0.497 e. The number of hydrogen-bond donors (Lipinski definition) is 1. The van der Waals surface area contributed by atoms with Crippen molar-refractivity contribution in [3.05, 3.63) is 30.2 Å². The molecule has 23 heavy (non-hydrogen) atoms. The van der Waals surface area contributed by atoms with Gasteiger partial charge in [-0.2, -0.15) is 4.98 Å². The predicted molar refractivity (Wildman–Crippen MR) is 83.8 cm³/mol. The van der Waals surface area contributed by atoms with Gasteiger partial charge in [-0.25, -0.2) is 0 Å². The molecule has 1 fully saturated rings. The molecule has 0 saturated heterocycles. The Kier molecular flexibility index (Phi) is 4.57. The maximum Gasteiger partial charge on any atom is 0.241 e. The van der Waals surface area contributed by atoms with Gasteiger partial charge in [-0.15, -0.1) is 0 Å². The minimum atomic E-state index is 0.0301. The molecule has 0 bridgehead atoms. The second-order valence-electron chi connectivity index (χ2n) is 5.76. The van der Waals surface area contributed by atoms with Crippen LogP contribution in [0.4, 0.5) is 0 Å². The van der Waals surface area contributed by atoms with E-state index in [0.29, 0.717) is 30.8 Å². The first-order valence-corrected chi connectivity index (χ1v) is 7.59. The Balaban J connectivity index is 1.58. The molecule has 1 amide bonds. The fourth-order valence-electron chi connectivity index (χ4n) is 2.23. The molecule has 7 nitrogen and oxygen atoms in total. The normalized spacial score (nSPS) is 14.0. The number of carbonyl (C=O) groups excluding carboxylic acids is 1. The first-order chi connectivity index (χ1) is 11.1. The summed E-state index contributed by atoms with van der Waals surface area (Å²) >= 11 is 0. The van der Waals surface area contributed by atoms with Crippen molar-refractivity contribution in [3.63, 3.8) is 0 Å². The van der Waals surface area contributed by atoms with Crippen LogP contribution >= 0.6 is 0 Å². The zero-order valence-electron chi connectivity index (χ0n) is 13.3. The number of nitrogens with zero attached hydrogens (tertiary/aromatic N) is 3. The molecule has 0 spiro atoms. The topological polar surface area (TPSA) is 80.5 Å². The number of rotatable bonds is 7. The van der Waals surface area contributed by atoms with Crippen molar-refractivity contribution in [2.75, 3.05) is 20.7 Å². The minimum absolute atomic E-state index is 0.0301. The van der Waals surface area contributed by atoms with Crippen molar-refractivity contribution >= 4 is 5.91 Å². The quantitative estimate of drug-likeness (QED) is 0.833. The van der Waals surface area contributed by atoms with Crippen LogP contribution in [0.15, 0.2) is 28.8 Å². The molecule has 0 atom stereocenters. The highest BCUT2D eigenvalue weighted by molar-refractivity contribution is 5.78. The summed E-state index contributed by atoms with van der Waals surface area (Å²) < 4.78 is 10.5. The van der Waals surface area contributed by atoms with Crippen molar-refractivity contribution in [3.8, 4) is 17.1 Å². The van der Waals surface area contributed by atoms with Gasteiger partial charge >= 0.3 is 0 Å². The Morgan fingerprint density at radius 2 is 2.30 bits per heavy atom. The summed E-state index contributed by atoms with van der Waals surface area (Å²) in [6, 6.07) is 7.85. The lowest BCUT2D eigenvalue weighted by Gasteiger charge is -2.13. The first kappa shape index (κ1) is 15.5. The molecule has 0 radical (unpaired) electrons. The summed E-state index contributed by atoms with van der Waals surface area (Å²) in [5.74, 6) is 1.75. The molecule has 1 heterocycles. The third-order valence-corrected chi connectivity index (χ3v) is 3.56. The van der Waals surface area contributed by atoms with Gasteiger partial charge in [0.1, 0.15) is 5.75 Å². The molecule has 1 aliphatic carbocycles. The fourth-order valence-corrected chi connectivity index (χ4v) is 2.23. The summed E-state index contributed by atoms with van der Waals surface area (Å²) in [5.41, 5.74) is 0.827. The summed E-state index contributed by atoms with van der Waals surface area (Å²) in [6.07, 6.45) is 2.17. The number of benzene rings is 1. The average molecular weight is 316 g/mol. The number of methoxy groups -OCH3 is 1. The summed E-state index contributed by atoms with van der Waals surface area (Å²) in [6.45, 7) is 0.739. The van der Waals surface area contributed by atoms with Gasteiger partial charge in [-0.3, -0.25) is 9.69 Å². The summed E-state index contributed by atoms with van der Waals surface area (Å²) in [5, 5.41) is 6.94. The zero-order chi connectivity index (χ0) is 16.2. The van der Waals surface area contributed by atoms with E-state index in [1.807, 2.05) is 36.2 Å². The van der Waals surface area contributed by atoms with E-state index < -0.39 is 0 Å². The van der Waals surface area contributed by atoms with Gasteiger partial charge in [0.2, 0.25) is 17.6 Å². The van der Waals surface area contributed by atoms with Crippen LogP contribution in [0, 0.1) is 0 Å². The van der Waals surface area contributed by atoms with Crippen molar-refractivity contribution in [1.82, 2.24) is 20.4 Å². The molecule has 0 unspecified atom stereocenters. The standard InChI is InChI=1S/C16H20N4O3/c1-20(9-14(21)17-12-6-7-12)10-15-18-16(19-23-15)11-4-3-5-13(8-11)22-2/h3-5,8,12H,6-7,9-10H2,1-2H3,(H,17,21). The lowest BCUT2D eigenvalue weighted by atomic mass is 10.2. The van der Waals surface area contributed by atoms with Crippen molar-refractivity contribution in [2.45, 2.75) is 25.4 Å². The van der Waals surface area contributed by atoms with Crippen molar-refractivity contribution < 1.29 is 14.1 Å². The van der Waals surface area contributed by atoms with E-state index in [0.717, 1.165) is 24.2 Å². The van der Waals surface area contributed by atoms with Crippen LogP contribution < -0.4 is 10.1 Å². The Morgan fingerprint density at radius 3 is 3.04 bits per heavy atom. The van der Waals surface area contributed by atoms with E-state index in [4.69, 9.17) is 9.26 Å².